The lowest BCUT2D eigenvalue weighted by Gasteiger charge is -2.19. The number of benzene rings is 2. The van der Waals surface area contributed by atoms with Crippen LogP contribution in [0.15, 0.2) is 42.5 Å². The lowest BCUT2D eigenvalue weighted by atomic mass is 9.92. The van der Waals surface area contributed by atoms with E-state index in [1.165, 1.54) is 25.1 Å². The lowest BCUT2D eigenvalue weighted by molar-refractivity contribution is -0.139. The Morgan fingerprint density at radius 1 is 0.667 bits per heavy atom. The summed E-state index contributed by atoms with van der Waals surface area (Å²) < 4.78 is 78.4. The van der Waals surface area contributed by atoms with Gasteiger partial charge in [-0.15, -0.1) is 0 Å². The fourth-order valence-electron chi connectivity index (χ4n) is 2.23. The smallest absolute Gasteiger partial charge is 0.166 e. The number of rotatable bonds is 1. The van der Waals surface area contributed by atoms with Gasteiger partial charge < -0.3 is 0 Å². The maximum absolute atomic E-state index is 13.1. The van der Waals surface area contributed by atoms with Crippen molar-refractivity contribution in [1.82, 2.24) is 0 Å². The molecule has 0 aliphatic rings. The average Bonchev–Trinajstić information content (AvgIpc) is 2.36. The van der Waals surface area contributed by atoms with Crippen LogP contribution in [0.4, 0.5) is 26.3 Å². The number of aryl methyl sites for hydroxylation is 1. The van der Waals surface area contributed by atoms with Crippen LogP contribution in [0.1, 0.15) is 16.7 Å². The van der Waals surface area contributed by atoms with E-state index in [1.54, 1.807) is 0 Å². The van der Waals surface area contributed by atoms with Crippen LogP contribution < -0.4 is 0 Å². The summed E-state index contributed by atoms with van der Waals surface area (Å²) in [5.41, 5.74) is -3.17. The molecule has 0 aliphatic heterocycles. The number of hydrogen-bond acceptors (Lipinski definition) is 0. The van der Waals surface area contributed by atoms with Crippen LogP contribution in [0.25, 0.3) is 11.1 Å². The van der Waals surface area contributed by atoms with Crippen molar-refractivity contribution in [1.29, 1.82) is 0 Å². The molecular formula is C15H10F6. The second-order valence-corrected chi connectivity index (χ2v) is 4.54. The second-order valence-electron chi connectivity index (χ2n) is 4.54. The average molecular weight is 304 g/mol. The van der Waals surface area contributed by atoms with Crippen molar-refractivity contribution in [3.63, 3.8) is 0 Å². The van der Waals surface area contributed by atoms with Gasteiger partial charge in [0, 0.05) is 0 Å². The third-order valence-corrected chi connectivity index (χ3v) is 3.08. The van der Waals surface area contributed by atoms with Crippen LogP contribution in [0.3, 0.4) is 0 Å². The highest BCUT2D eigenvalue weighted by molar-refractivity contribution is 5.73. The van der Waals surface area contributed by atoms with Gasteiger partial charge in [0.25, 0.3) is 0 Å². The van der Waals surface area contributed by atoms with E-state index in [4.69, 9.17) is 0 Å². The van der Waals surface area contributed by atoms with Gasteiger partial charge in [0.2, 0.25) is 0 Å². The zero-order chi connectivity index (χ0) is 15.8. The fourth-order valence-corrected chi connectivity index (χ4v) is 2.23. The predicted molar refractivity (Wildman–Crippen MR) is 66.6 cm³/mol. The predicted octanol–water partition coefficient (Wildman–Crippen LogP) is 5.70. The highest BCUT2D eigenvalue weighted by atomic mass is 19.4. The molecular weight excluding hydrogens is 294 g/mol. The summed E-state index contributed by atoms with van der Waals surface area (Å²) in [5.74, 6) is 0. The van der Waals surface area contributed by atoms with Gasteiger partial charge in [-0.2, -0.15) is 26.3 Å². The second kappa shape index (κ2) is 5.09. The molecule has 0 radical (unpaired) electrons. The summed E-state index contributed by atoms with van der Waals surface area (Å²) >= 11 is 0. The van der Waals surface area contributed by atoms with Gasteiger partial charge in [-0.25, -0.2) is 0 Å². The first kappa shape index (κ1) is 15.4. The van der Waals surface area contributed by atoms with Gasteiger partial charge in [0.1, 0.15) is 0 Å². The summed E-state index contributed by atoms with van der Waals surface area (Å²) in [6.45, 7) is 1.22. The highest BCUT2D eigenvalue weighted by Crippen LogP contribution is 2.43. The quantitative estimate of drug-likeness (QED) is 0.593. The summed E-state index contributed by atoms with van der Waals surface area (Å²) in [6, 6.07) is 7.85. The molecule has 0 aromatic heterocycles. The number of hydrogen-bond donors (Lipinski definition) is 0. The minimum Gasteiger partial charge on any atom is -0.166 e. The monoisotopic (exact) mass is 304 g/mol. The standard InChI is InChI=1S/C15H10F6/c1-9-5-4-7-11(13(9)15(19,20)21)10-6-2-3-8-12(10)14(16,17)18/h2-8H,1H3. The Kier molecular flexibility index (Phi) is 3.74. The minimum atomic E-state index is -4.72. The molecule has 2 aromatic carbocycles. The van der Waals surface area contributed by atoms with Crippen molar-refractivity contribution in [2.45, 2.75) is 19.3 Å². The van der Waals surface area contributed by atoms with Crippen molar-refractivity contribution in [2.75, 3.05) is 0 Å². The maximum Gasteiger partial charge on any atom is 0.417 e. The SMILES string of the molecule is Cc1cccc(-c2ccccc2C(F)(F)F)c1C(F)(F)F. The van der Waals surface area contributed by atoms with Crippen LogP contribution in [0.5, 0.6) is 0 Å². The summed E-state index contributed by atoms with van der Waals surface area (Å²) in [6.07, 6.45) is -9.44. The van der Waals surface area contributed by atoms with Crippen molar-refractivity contribution >= 4 is 0 Å². The Labute approximate surface area is 117 Å². The Bertz CT molecular complexity index is 652. The maximum atomic E-state index is 13.1. The Balaban J connectivity index is 2.79. The molecule has 0 heterocycles. The molecule has 0 fully saturated rings. The van der Waals surface area contributed by atoms with Gasteiger partial charge in [-0.3, -0.25) is 0 Å². The topological polar surface area (TPSA) is 0 Å². The first-order chi connectivity index (χ1) is 9.62. The van der Waals surface area contributed by atoms with E-state index in [0.717, 1.165) is 24.3 Å². The molecule has 0 bridgehead atoms. The first-order valence-corrected chi connectivity index (χ1v) is 5.96. The van der Waals surface area contributed by atoms with Crippen LogP contribution >= 0.6 is 0 Å². The van der Waals surface area contributed by atoms with Crippen LogP contribution in [0.2, 0.25) is 0 Å². The molecule has 2 aromatic rings. The fraction of sp³-hybridized carbons (Fsp3) is 0.200. The molecule has 0 nitrogen and oxygen atoms in total. The van der Waals surface area contributed by atoms with Crippen LogP contribution in [-0.2, 0) is 12.4 Å². The molecule has 0 atom stereocenters. The molecule has 0 N–H and O–H groups in total. The molecule has 6 heteroatoms. The zero-order valence-electron chi connectivity index (χ0n) is 10.8. The third-order valence-electron chi connectivity index (χ3n) is 3.08. The normalized spacial score (nSPS) is 12.5. The largest absolute Gasteiger partial charge is 0.417 e. The highest BCUT2D eigenvalue weighted by Gasteiger charge is 2.38. The van der Waals surface area contributed by atoms with Gasteiger partial charge in [0.05, 0.1) is 11.1 Å². The molecule has 0 aliphatic carbocycles. The molecule has 0 saturated heterocycles. The van der Waals surface area contributed by atoms with Crippen LogP contribution in [0, 0.1) is 6.92 Å². The molecule has 0 amide bonds. The van der Waals surface area contributed by atoms with Gasteiger partial charge in [-0.1, -0.05) is 36.4 Å². The molecule has 0 saturated carbocycles. The van der Waals surface area contributed by atoms with Gasteiger partial charge in [0.15, 0.2) is 0 Å². The molecule has 112 valence electrons. The third kappa shape index (κ3) is 3.04. The lowest BCUT2D eigenvalue weighted by Crippen LogP contribution is -2.12. The summed E-state index contributed by atoms with van der Waals surface area (Å²) in [7, 11) is 0. The molecule has 0 spiro atoms. The van der Waals surface area contributed by atoms with Crippen molar-refractivity contribution in [3.8, 4) is 11.1 Å². The van der Waals surface area contributed by atoms with Crippen molar-refractivity contribution in [2.24, 2.45) is 0 Å². The van der Waals surface area contributed by atoms with E-state index < -0.39 is 34.6 Å². The van der Waals surface area contributed by atoms with Gasteiger partial charge >= 0.3 is 12.4 Å². The Morgan fingerprint density at radius 2 is 1.24 bits per heavy atom. The van der Waals surface area contributed by atoms with E-state index in [0.29, 0.717) is 0 Å². The van der Waals surface area contributed by atoms with Gasteiger partial charge in [-0.05, 0) is 29.7 Å². The summed E-state index contributed by atoms with van der Waals surface area (Å²) in [4.78, 5) is 0. The van der Waals surface area contributed by atoms with E-state index in [-0.39, 0.29) is 5.56 Å². The molecule has 21 heavy (non-hydrogen) atoms. The van der Waals surface area contributed by atoms with Crippen LogP contribution in [-0.4, -0.2) is 0 Å². The first-order valence-electron chi connectivity index (χ1n) is 5.96. The number of halogens is 6. The van der Waals surface area contributed by atoms with E-state index in [2.05, 4.69) is 0 Å². The number of alkyl halides is 6. The Morgan fingerprint density at radius 3 is 1.81 bits per heavy atom. The van der Waals surface area contributed by atoms with E-state index in [1.807, 2.05) is 0 Å². The van der Waals surface area contributed by atoms with Crippen molar-refractivity contribution in [3.05, 3.63) is 59.2 Å². The van der Waals surface area contributed by atoms with E-state index >= 15 is 0 Å². The van der Waals surface area contributed by atoms with E-state index in [9.17, 15) is 26.3 Å². The molecule has 2 rings (SSSR count). The van der Waals surface area contributed by atoms with Crippen molar-refractivity contribution < 1.29 is 26.3 Å². The summed E-state index contributed by atoms with van der Waals surface area (Å²) in [5, 5.41) is 0. The Hall–Kier alpha value is -1.98. The minimum absolute atomic E-state index is 0.114. The molecule has 0 unspecified atom stereocenters. The zero-order valence-corrected chi connectivity index (χ0v) is 10.8.